The average molecular weight is 348 g/mol. The van der Waals surface area contributed by atoms with E-state index in [1.165, 1.54) is 23.9 Å². The lowest BCUT2D eigenvalue weighted by Gasteiger charge is -2.26. The summed E-state index contributed by atoms with van der Waals surface area (Å²) in [6.07, 6.45) is 3.14. The zero-order valence-electron chi connectivity index (χ0n) is 12.7. The Morgan fingerprint density at radius 2 is 2.08 bits per heavy atom. The number of thiophene rings is 1. The number of amides is 3. The van der Waals surface area contributed by atoms with E-state index in [1.807, 2.05) is 5.38 Å². The second-order valence-corrected chi connectivity index (χ2v) is 6.45. The summed E-state index contributed by atoms with van der Waals surface area (Å²) < 4.78 is 5.04. The van der Waals surface area contributed by atoms with Crippen LogP contribution in [0.15, 0.2) is 40.5 Å². The Labute approximate surface area is 141 Å². The van der Waals surface area contributed by atoms with E-state index in [1.54, 1.807) is 18.2 Å². The SMILES string of the molecule is O=C(CN1C(=O)CCC1=O)NC[C@@](O)(c1ccoc1)c1cccs1. The maximum atomic E-state index is 12.1. The summed E-state index contributed by atoms with van der Waals surface area (Å²) in [5.74, 6) is -1.20. The summed E-state index contributed by atoms with van der Waals surface area (Å²) in [6.45, 7) is -0.425. The van der Waals surface area contributed by atoms with Crippen LogP contribution in [0.1, 0.15) is 23.3 Å². The third kappa shape index (κ3) is 3.10. The first-order valence-corrected chi connectivity index (χ1v) is 8.27. The van der Waals surface area contributed by atoms with E-state index < -0.39 is 11.5 Å². The molecule has 0 saturated carbocycles. The van der Waals surface area contributed by atoms with Crippen LogP contribution >= 0.6 is 11.3 Å². The summed E-state index contributed by atoms with van der Waals surface area (Å²) in [7, 11) is 0. The molecule has 0 unspecified atom stereocenters. The largest absolute Gasteiger partial charge is 0.472 e. The van der Waals surface area contributed by atoms with Crippen molar-refractivity contribution >= 4 is 29.1 Å². The van der Waals surface area contributed by atoms with E-state index in [4.69, 9.17) is 4.42 Å². The minimum atomic E-state index is -1.43. The number of nitrogens with zero attached hydrogens (tertiary/aromatic N) is 1. The predicted octanol–water partition coefficient (Wildman–Crippen LogP) is 0.842. The van der Waals surface area contributed by atoms with Gasteiger partial charge in [0.2, 0.25) is 17.7 Å². The standard InChI is InChI=1S/C16H16N2O5S/c19-13(8-18-14(20)3-4-15(18)21)17-10-16(22,11-5-6-23-9-11)12-2-1-7-24-12/h1-2,5-7,9,22H,3-4,8,10H2,(H,17,19)/t16-/m1/s1. The van der Waals surface area contributed by atoms with E-state index in [2.05, 4.69) is 5.32 Å². The molecule has 1 aliphatic rings. The van der Waals surface area contributed by atoms with Gasteiger partial charge in [-0.25, -0.2) is 0 Å². The van der Waals surface area contributed by atoms with Gasteiger partial charge >= 0.3 is 0 Å². The molecule has 0 spiro atoms. The molecular formula is C16H16N2O5S. The van der Waals surface area contributed by atoms with Crippen molar-refractivity contribution < 1.29 is 23.9 Å². The highest BCUT2D eigenvalue weighted by atomic mass is 32.1. The van der Waals surface area contributed by atoms with Crippen molar-refractivity contribution in [3.63, 3.8) is 0 Å². The van der Waals surface area contributed by atoms with Gasteiger partial charge in [0.15, 0.2) is 0 Å². The molecule has 3 rings (SSSR count). The average Bonchev–Trinajstić information content (AvgIpc) is 3.31. The molecule has 0 bridgehead atoms. The molecule has 0 radical (unpaired) electrons. The summed E-state index contributed by atoms with van der Waals surface area (Å²) in [4.78, 5) is 36.8. The summed E-state index contributed by atoms with van der Waals surface area (Å²) in [5, 5.41) is 15.5. The Bertz CT molecular complexity index is 688. The molecule has 2 N–H and O–H groups in total. The molecule has 126 valence electrons. The number of hydrogen-bond donors (Lipinski definition) is 2. The van der Waals surface area contributed by atoms with Gasteiger partial charge in [0, 0.05) is 23.3 Å². The van der Waals surface area contributed by atoms with Crippen LogP contribution in [0.25, 0.3) is 0 Å². The Kier molecular flexibility index (Phi) is 4.50. The van der Waals surface area contributed by atoms with E-state index in [0.29, 0.717) is 10.4 Å². The van der Waals surface area contributed by atoms with Gasteiger partial charge in [-0.3, -0.25) is 19.3 Å². The van der Waals surface area contributed by atoms with Crippen LogP contribution in [0, 0.1) is 0 Å². The number of hydrogen-bond acceptors (Lipinski definition) is 6. The fourth-order valence-electron chi connectivity index (χ4n) is 2.57. The normalized spacial score (nSPS) is 17.1. The fourth-order valence-corrected chi connectivity index (χ4v) is 3.42. The molecule has 2 aromatic rings. The minimum Gasteiger partial charge on any atom is -0.472 e. The number of carbonyl (C=O) groups is 3. The second-order valence-electron chi connectivity index (χ2n) is 5.50. The zero-order chi connectivity index (χ0) is 17.2. The summed E-state index contributed by atoms with van der Waals surface area (Å²) in [5.41, 5.74) is -0.922. The third-order valence-corrected chi connectivity index (χ3v) is 4.95. The van der Waals surface area contributed by atoms with Crippen molar-refractivity contribution in [2.24, 2.45) is 0 Å². The van der Waals surface area contributed by atoms with Crippen LogP contribution in [0.4, 0.5) is 0 Å². The minimum absolute atomic E-state index is 0.0951. The van der Waals surface area contributed by atoms with E-state index in [0.717, 1.165) is 4.90 Å². The van der Waals surface area contributed by atoms with Crippen molar-refractivity contribution in [2.45, 2.75) is 18.4 Å². The molecule has 0 aromatic carbocycles. The van der Waals surface area contributed by atoms with Crippen molar-refractivity contribution in [1.29, 1.82) is 0 Å². The third-order valence-electron chi connectivity index (χ3n) is 3.93. The maximum Gasteiger partial charge on any atom is 0.240 e. The molecule has 3 amide bonds. The van der Waals surface area contributed by atoms with Crippen molar-refractivity contribution in [2.75, 3.05) is 13.1 Å². The Morgan fingerprint density at radius 3 is 2.67 bits per heavy atom. The van der Waals surface area contributed by atoms with E-state index in [-0.39, 0.29) is 37.7 Å². The molecule has 8 heteroatoms. The molecule has 3 heterocycles. The first-order valence-electron chi connectivity index (χ1n) is 7.39. The van der Waals surface area contributed by atoms with Gasteiger partial charge in [-0.15, -0.1) is 11.3 Å². The second kappa shape index (κ2) is 6.58. The lowest BCUT2D eigenvalue weighted by molar-refractivity contribution is -0.142. The molecule has 24 heavy (non-hydrogen) atoms. The van der Waals surface area contributed by atoms with Gasteiger partial charge in [-0.1, -0.05) is 6.07 Å². The van der Waals surface area contributed by atoms with Crippen LogP contribution < -0.4 is 5.32 Å². The number of carbonyl (C=O) groups excluding carboxylic acids is 3. The summed E-state index contributed by atoms with van der Waals surface area (Å²) >= 11 is 1.35. The van der Waals surface area contributed by atoms with Crippen LogP contribution in [-0.4, -0.2) is 40.8 Å². The van der Waals surface area contributed by atoms with Crippen LogP contribution in [0.2, 0.25) is 0 Å². The van der Waals surface area contributed by atoms with Gasteiger partial charge in [-0.2, -0.15) is 0 Å². The number of rotatable bonds is 6. The van der Waals surface area contributed by atoms with Gasteiger partial charge in [-0.05, 0) is 17.5 Å². The van der Waals surface area contributed by atoms with Gasteiger partial charge in [0.1, 0.15) is 12.1 Å². The number of nitrogens with one attached hydrogen (secondary N) is 1. The molecule has 0 aliphatic carbocycles. The highest BCUT2D eigenvalue weighted by Gasteiger charge is 2.35. The Balaban J connectivity index is 1.69. The highest BCUT2D eigenvalue weighted by molar-refractivity contribution is 7.10. The van der Waals surface area contributed by atoms with Crippen molar-refractivity contribution in [3.8, 4) is 0 Å². The predicted molar refractivity (Wildman–Crippen MR) is 85.0 cm³/mol. The summed E-state index contributed by atoms with van der Waals surface area (Å²) in [6, 6.07) is 5.19. The van der Waals surface area contributed by atoms with Gasteiger partial charge in [0.05, 0.1) is 19.1 Å². The van der Waals surface area contributed by atoms with Crippen LogP contribution in [0.3, 0.4) is 0 Å². The zero-order valence-corrected chi connectivity index (χ0v) is 13.5. The molecule has 1 fully saturated rings. The maximum absolute atomic E-state index is 12.1. The molecular weight excluding hydrogens is 332 g/mol. The lowest BCUT2D eigenvalue weighted by atomic mass is 9.94. The number of imide groups is 1. The molecule has 2 aromatic heterocycles. The molecule has 1 aliphatic heterocycles. The monoisotopic (exact) mass is 348 g/mol. The quantitative estimate of drug-likeness (QED) is 0.754. The number of aliphatic hydroxyl groups is 1. The fraction of sp³-hybridized carbons (Fsp3) is 0.312. The first-order chi connectivity index (χ1) is 11.5. The first kappa shape index (κ1) is 16.4. The Hall–Kier alpha value is -2.45. The van der Waals surface area contributed by atoms with Crippen LogP contribution in [0.5, 0.6) is 0 Å². The molecule has 1 saturated heterocycles. The topological polar surface area (TPSA) is 99.9 Å². The van der Waals surface area contributed by atoms with Gasteiger partial charge < -0.3 is 14.8 Å². The molecule has 1 atom stereocenters. The molecule has 7 nitrogen and oxygen atoms in total. The number of furan rings is 1. The van der Waals surface area contributed by atoms with E-state index >= 15 is 0 Å². The Morgan fingerprint density at radius 1 is 1.33 bits per heavy atom. The lowest BCUT2D eigenvalue weighted by Crippen LogP contribution is -2.45. The smallest absolute Gasteiger partial charge is 0.240 e. The van der Waals surface area contributed by atoms with Gasteiger partial charge in [0.25, 0.3) is 0 Å². The highest BCUT2D eigenvalue weighted by Crippen LogP contribution is 2.32. The van der Waals surface area contributed by atoms with Crippen molar-refractivity contribution in [1.82, 2.24) is 10.2 Å². The van der Waals surface area contributed by atoms with Crippen molar-refractivity contribution in [3.05, 3.63) is 46.5 Å². The van der Waals surface area contributed by atoms with Crippen LogP contribution in [-0.2, 0) is 20.0 Å². The number of likely N-dealkylation sites (tertiary alicyclic amines) is 1. The van der Waals surface area contributed by atoms with E-state index in [9.17, 15) is 19.5 Å².